The Morgan fingerprint density at radius 2 is 2.33 bits per heavy atom. The van der Waals surface area contributed by atoms with Crippen LogP contribution in [-0.2, 0) is 0 Å². The Morgan fingerprint density at radius 3 is 3.00 bits per heavy atom. The van der Waals surface area contributed by atoms with Crippen molar-refractivity contribution in [2.45, 2.75) is 13.0 Å². The standard InChI is InChI=1S/C11H14BrFN2/c1-8-7-14-4-5-15(8)9-2-3-11(13)10(12)6-9/h2-3,6,8,14H,4-5,7H2,1H3. The molecule has 1 saturated heterocycles. The van der Waals surface area contributed by atoms with Crippen LogP contribution in [0.15, 0.2) is 22.7 Å². The van der Waals surface area contributed by atoms with Gasteiger partial charge in [-0.25, -0.2) is 4.39 Å². The topological polar surface area (TPSA) is 15.3 Å². The van der Waals surface area contributed by atoms with Crippen molar-refractivity contribution in [2.75, 3.05) is 24.5 Å². The van der Waals surface area contributed by atoms with Crippen LogP contribution in [0.25, 0.3) is 0 Å². The molecule has 1 aromatic carbocycles. The smallest absolute Gasteiger partial charge is 0.137 e. The number of halogens is 2. The van der Waals surface area contributed by atoms with E-state index in [2.05, 4.69) is 33.1 Å². The van der Waals surface area contributed by atoms with Crippen molar-refractivity contribution in [3.63, 3.8) is 0 Å². The lowest BCUT2D eigenvalue weighted by atomic mass is 10.2. The van der Waals surface area contributed by atoms with Gasteiger partial charge in [-0.3, -0.25) is 0 Å². The molecule has 0 saturated carbocycles. The first-order valence-electron chi connectivity index (χ1n) is 5.11. The Bertz CT molecular complexity index is 356. The maximum atomic E-state index is 13.1. The Balaban J connectivity index is 2.24. The molecule has 1 unspecified atom stereocenters. The van der Waals surface area contributed by atoms with Gasteiger partial charge in [-0.1, -0.05) is 0 Å². The number of anilines is 1. The molecular weight excluding hydrogens is 259 g/mol. The molecule has 1 atom stereocenters. The molecule has 15 heavy (non-hydrogen) atoms. The molecule has 0 amide bonds. The van der Waals surface area contributed by atoms with E-state index in [9.17, 15) is 4.39 Å². The van der Waals surface area contributed by atoms with Gasteiger partial charge in [0.1, 0.15) is 5.82 Å². The lowest BCUT2D eigenvalue weighted by Gasteiger charge is -2.36. The number of rotatable bonds is 1. The van der Waals surface area contributed by atoms with Crippen LogP contribution < -0.4 is 10.2 Å². The molecule has 2 rings (SSSR count). The molecule has 1 aliphatic heterocycles. The van der Waals surface area contributed by atoms with Crippen molar-refractivity contribution in [2.24, 2.45) is 0 Å². The Labute approximate surface area is 97.6 Å². The summed E-state index contributed by atoms with van der Waals surface area (Å²) < 4.78 is 13.6. The largest absolute Gasteiger partial charge is 0.366 e. The molecule has 0 spiro atoms. The van der Waals surface area contributed by atoms with Crippen LogP contribution in [0.3, 0.4) is 0 Å². The molecule has 1 heterocycles. The first-order chi connectivity index (χ1) is 7.18. The van der Waals surface area contributed by atoms with Crippen LogP contribution in [0.2, 0.25) is 0 Å². The summed E-state index contributed by atoms with van der Waals surface area (Å²) in [4.78, 5) is 2.29. The summed E-state index contributed by atoms with van der Waals surface area (Å²) in [6.45, 7) is 5.11. The maximum Gasteiger partial charge on any atom is 0.137 e. The van der Waals surface area contributed by atoms with Gasteiger partial charge in [0.25, 0.3) is 0 Å². The zero-order chi connectivity index (χ0) is 10.8. The average Bonchev–Trinajstić information content (AvgIpc) is 2.23. The average molecular weight is 273 g/mol. The van der Waals surface area contributed by atoms with E-state index in [-0.39, 0.29) is 5.82 Å². The van der Waals surface area contributed by atoms with Crippen molar-refractivity contribution in [3.8, 4) is 0 Å². The van der Waals surface area contributed by atoms with E-state index >= 15 is 0 Å². The number of benzene rings is 1. The van der Waals surface area contributed by atoms with Crippen LogP contribution in [-0.4, -0.2) is 25.7 Å². The molecule has 0 aromatic heterocycles. The van der Waals surface area contributed by atoms with E-state index in [0.717, 1.165) is 25.3 Å². The molecular formula is C11H14BrFN2. The number of nitrogens with one attached hydrogen (secondary N) is 1. The van der Waals surface area contributed by atoms with E-state index in [1.54, 1.807) is 0 Å². The van der Waals surface area contributed by atoms with E-state index in [1.165, 1.54) is 6.07 Å². The summed E-state index contributed by atoms with van der Waals surface area (Å²) >= 11 is 3.22. The van der Waals surface area contributed by atoms with Gasteiger partial charge in [-0.15, -0.1) is 0 Å². The molecule has 0 radical (unpaired) electrons. The van der Waals surface area contributed by atoms with E-state index < -0.39 is 0 Å². The second-order valence-electron chi connectivity index (χ2n) is 3.84. The van der Waals surface area contributed by atoms with Gasteiger partial charge in [0.05, 0.1) is 4.47 Å². The highest BCUT2D eigenvalue weighted by molar-refractivity contribution is 9.10. The number of hydrogen-bond acceptors (Lipinski definition) is 2. The summed E-state index contributed by atoms with van der Waals surface area (Å²) in [5, 5.41) is 3.33. The quantitative estimate of drug-likeness (QED) is 0.845. The van der Waals surface area contributed by atoms with E-state index in [0.29, 0.717) is 10.5 Å². The van der Waals surface area contributed by atoms with E-state index in [1.807, 2.05) is 12.1 Å². The molecule has 0 aliphatic carbocycles. The summed E-state index contributed by atoms with van der Waals surface area (Å²) in [5.74, 6) is -0.207. The predicted octanol–water partition coefficient (Wildman–Crippen LogP) is 2.39. The molecule has 0 bridgehead atoms. The second kappa shape index (κ2) is 4.49. The van der Waals surface area contributed by atoms with Gasteiger partial charge in [-0.05, 0) is 41.1 Å². The molecule has 2 nitrogen and oxygen atoms in total. The SMILES string of the molecule is CC1CNCCN1c1ccc(F)c(Br)c1. The number of piperazine rings is 1. The van der Waals surface area contributed by atoms with Gasteiger partial charge >= 0.3 is 0 Å². The minimum Gasteiger partial charge on any atom is -0.366 e. The highest BCUT2D eigenvalue weighted by Gasteiger charge is 2.18. The third-order valence-corrected chi connectivity index (χ3v) is 3.34. The second-order valence-corrected chi connectivity index (χ2v) is 4.70. The summed E-state index contributed by atoms with van der Waals surface area (Å²) in [7, 11) is 0. The van der Waals surface area contributed by atoms with Crippen LogP contribution >= 0.6 is 15.9 Å². The summed E-state index contributed by atoms with van der Waals surface area (Å²) in [6, 6.07) is 5.64. The zero-order valence-electron chi connectivity index (χ0n) is 8.63. The Kier molecular flexibility index (Phi) is 3.26. The van der Waals surface area contributed by atoms with Crippen molar-refractivity contribution in [1.29, 1.82) is 0 Å². The highest BCUT2D eigenvalue weighted by Crippen LogP contribution is 2.24. The number of nitrogens with zero attached hydrogens (tertiary/aromatic N) is 1. The fourth-order valence-electron chi connectivity index (χ4n) is 1.89. The van der Waals surface area contributed by atoms with Gasteiger partial charge in [0.15, 0.2) is 0 Å². The summed E-state index contributed by atoms with van der Waals surface area (Å²) in [5.41, 5.74) is 1.08. The van der Waals surface area contributed by atoms with Crippen molar-refractivity contribution < 1.29 is 4.39 Å². The lowest BCUT2D eigenvalue weighted by Crippen LogP contribution is -2.49. The molecule has 1 fully saturated rings. The van der Waals surface area contributed by atoms with Gasteiger partial charge in [0, 0.05) is 31.4 Å². The predicted molar refractivity (Wildman–Crippen MR) is 63.8 cm³/mol. The molecule has 1 N–H and O–H groups in total. The molecule has 1 aliphatic rings. The van der Waals surface area contributed by atoms with Crippen LogP contribution in [0.1, 0.15) is 6.92 Å². The van der Waals surface area contributed by atoms with Crippen LogP contribution in [0, 0.1) is 5.82 Å². The maximum absolute atomic E-state index is 13.1. The molecule has 1 aromatic rings. The third kappa shape index (κ3) is 2.32. The van der Waals surface area contributed by atoms with Gasteiger partial charge in [-0.2, -0.15) is 0 Å². The minimum atomic E-state index is -0.207. The van der Waals surface area contributed by atoms with Crippen LogP contribution in [0.4, 0.5) is 10.1 Å². The van der Waals surface area contributed by atoms with Crippen molar-refractivity contribution >= 4 is 21.6 Å². The molecule has 4 heteroatoms. The Morgan fingerprint density at radius 1 is 1.53 bits per heavy atom. The minimum absolute atomic E-state index is 0.207. The lowest BCUT2D eigenvalue weighted by molar-refractivity contribution is 0.500. The van der Waals surface area contributed by atoms with Gasteiger partial charge < -0.3 is 10.2 Å². The normalized spacial score (nSPS) is 21.8. The fourth-order valence-corrected chi connectivity index (χ4v) is 2.26. The monoisotopic (exact) mass is 272 g/mol. The van der Waals surface area contributed by atoms with Crippen molar-refractivity contribution in [1.82, 2.24) is 5.32 Å². The Hall–Kier alpha value is -0.610. The first-order valence-corrected chi connectivity index (χ1v) is 5.90. The first kappa shape index (κ1) is 10.9. The van der Waals surface area contributed by atoms with E-state index in [4.69, 9.17) is 0 Å². The van der Waals surface area contributed by atoms with Crippen LogP contribution in [0.5, 0.6) is 0 Å². The third-order valence-electron chi connectivity index (χ3n) is 2.74. The van der Waals surface area contributed by atoms with Crippen molar-refractivity contribution in [3.05, 3.63) is 28.5 Å². The fraction of sp³-hybridized carbons (Fsp3) is 0.455. The zero-order valence-corrected chi connectivity index (χ0v) is 10.2. The highest BCUT2D eigenvalue weighted by atomic mass is 79.9. The number of hydrogen-bond donors (Lipinski definition) is 1. The van der Waals surface area contributed by atoms with Gasteiger partial charge in [0.2, 0.25) is 0 Å². The summed E-state index contributed by atoms with van der Waals surface area (Å²) in [6.07, 6.45) is 0. The molecule has 82 valence electrons.